The van der Waals surface area contributed by atoms with Crippen molar-refractivity contribution in [2.45, 2.75) is 58.2 Å². The largest absolute Gasteiger partial charge is 0.416 e. The molecule has 1 fully saturated rings. The number of hydrogen-bond donors (Lipinski definition) is 1. The third-order valence-electron chi connectivity index (χ3n) is 5.12. The third kappa shape index (κ3) is 6.14. The maximum Gasteiger partial charge on any atom is 0.416 e. The number of carbonyl (C=O) groups excluding carboxylic acids is 2. The summed E-state index contributed by atoms with van der Waals surface area (Å²) in [6.07, 6.45) is -0.314. The van der Waals surface area contributed by atoms with Crippen LogP contribution < -0.4 is 5.32 Å². The minimum atomic E-state index is -4.42. The second kappa shape index (κ2) is 9.80. The fraction of sp³-hybridized carbons (Fsp3) is 0.600. The lowest BCUT2D eigenvalue weighted by atomic mass is 10.1. The summed E-state index contributed by atoms with van der Waals surface area (Å²) in [7, 11) is 0. The molecule has 1 atom stereocenters. The fourth-order valence-corrected chi connectivity index (χ4v) is 3.20. The number of amides is 3. The van der Waals surface area contributed by atoms with Crippen LogP contribution in [0.5, 0.6) is 0 Å². The van der Waals surface area contributed by atoms with E-state index in [1.54, 1.807) is 4.90 Å². The second-order valence-electron chi connectivity index (χ2n) is 7.15. The van der Waals surface area contributed by atoms with E-state index in [9.17, 15) is 22.8 Å². The van der Waals surface area contributed by atoms with E-state index >= 15 is 0 Å². The number of rotatable bonds is 6. The monoisotopic (exact) mass is 399 g/mol. The highest BCUT2D eigenvalue weighted by Gasteiger charge is 2.30. The molecule has 3 amide bonds. The van der Waals surface area contributed by atoms with Crippen LogP contribution in [0.25, 0.3) is 0 Å². The van der Waals surface area contributed by atoms with Gasteiger partial charge < -0.3 is 15.1 Å². The molecule has 0 aliphatic carbocycles. The Bertz CT molecular complexity index is 656. The summed E-state index contributed by atoms with van der Waals surface area (Å²) in [6, 6.07) is 3.82. The van der Waals surface area contributed by atoms with Crippen LogP contribution in [0.15, 0.2) is 24.3 Å². The molecule has 0 saturated carbocycles. The molecule has 1 aliphatic rings. The molecule has 0 aromatic heterocycles. The van der Waals surface area contributed by atoms with E-state index in [0.29, 0.717) is 6.42 Å². The zero-order valence-corrected chi connectivity index (χ0v) is 16.4. The Morgan fingerprint density at radius 3 is 2.29 bits per heavy atom. The van der Waals surface area contributed by atoms with Gasteiger partial charge in [-0.15, -0.1) is 0 Å². The van der Waals surface area contributed by atoms with E-state index in [1.165, 1.54) is 12.1 Å². The van der Waals surface area contributed by atoms with E-state index in [4.69, 9.17) is 0 Å². The van der Waals surface area contributed by atoms with Gasteiger partial charge in [-0.05, 0) is 56.9 Å². The van der Waals surface area contributed by atoms with Gasteiger partial charge in [0.1, 0.15) is 0 Å². The highest BCUT2D eigenvalue weighted by atomic mass is 19.4. The van der Waals surface area contributed by atoms with Gasteiger partial charge in [0.25, 0.3) is 0 Å². The predicted octanol–water partition coefficient (Wildman–Crippen LogP) is 4.74. The first-order chi connectivity index (χ1) is 13.2. The van der Waals surface area contributed by atoms with Crippen LogP contribution in [0, 0.1) is 0 Å². The molecular weight excluding hydrogens is 371 g/mol. The van der Waals surface area contributed by atoms with Gasteiger partial charge >= 0.3 is 12.2 Å². The molecule has 0 bridgehead atoms. The van der Waals surface area contributed by atoms with Crippen LogP contribution in [-0.2, 0) is 11.0 Å². The number of nitrogens with one attached hydrogen (secondary N) is 1. The molecule has 28 heavy (non-hydrogen) atoms. The van der Waals surface area contributed by atoms with Crippen molar-refractivity contribution in [3.05, 3.63) is 29.8 Å². The van der Waals surface area contributed by atoms with Gasteiger partial charge in [-0.1, -0.05) is 6.92 Å². The number of urea groups is 1. The van der Waals surface area contributed by atoms with Gasteiger partial charge in [0.15, 0.2) is 0 Å². The molecule has 156 valence electrons. The summed E-state index contributed by atoms with van der Waals surface area (Å²) in [5.41, 5.74) is -0.481. The van der Waals surface area contributed by atoms with Crippen molar-refractivity contribution in [3.63, 3.8) is 0 Å². The topological polar surface area (TPSA) is 52.7 Å². The van der Waals surface area contributed by atoms with Crippen LogP contribution in [0.4, 0.5) is 23.7 Å². The van der Waals surface area contributed by atoms with Crippen molar-refractivity contribution in [1.82, 2.24) is 9.80 Å². The number of hydrogen-bond acceptors (Lipinski definition) is 2. The van der Waals surface area contributed by atoms with E-state index in [0.717, 1.165) is 44.5 Å². The molecule has 5 nitrogen and oxygen atoms in total. The van der Waals surface area contributed by atoms with Crippen molar-refractivity contribution in [2.75, 3.05) is 25.0 Å². The summed E-state index contributed by atoms with van der Waals surface area (Å²) in [5, 5.41) is 2.63. The Labute approximate surface area is 163 Å². The number of benzene rings is 1. The van der Waals surface area contributed by atoms with Crippen LogP contribution in [0.3, 0.4) is 0 Å². The van der Waals surface area contributed by atoms with Crippen LogP contribution in [-0.4, -0.2) is 47.4 Å². The average molecular weight is 399 g/mol. The summed E-state index contributed by atoms with van der Waals surface area (Å²) in [6.45, 7) is 5.63. The van der Waals surface area contributed by atoms with Crippen molar-refractivity contribution < 1.29 is 22.8 Å². The number of alkyl halides is 3. The molecule has 1 unspecified atom stereocenters. The van der Waals surface area contributed by atoms with Crippen LogP contribution in [0.2, 0.25) is 0 Å². The number of likely N-dealkylation sites (tertiary alicyclic amines) is 1. The number of halogens is 3. The number of carbonyl (C=O) groups is 2. The molecule has 1 aliphatic heterocycles. The molecule has 2 rings (SSSR count). The van der Waals surface area contributed by atoms with E-state index in [1.807, 2.05) is 18.7 Å². The molecule has 1 aromatic carbocycles. The van der Waals surface area contributed by atoms with Gasteiger partial charge in [0, 0.05) is 37.8 Å². The molecule has 1 heterocycles. The first-order valence-corrected chi connectivity index (χ1v) is 9.75. The van der Waals surface area contributed by atoms with E-state index in [2.05, 4.69) is 5.32 Å². The first-order valence-electron chi connectivity index (χ1n) is 9.75. The van der Waals surface area contributed by atoms with Gasteiger partial charge in [-0.3, -0.25) is 4.79 Å². The number of anilines is 1. The Morgan fingerprint density at radius 2 is 1.75 bits per heavy atom. The average Bonchev–Trinajstić information content (AvgIpc) is 2.68. The van der Waals surface area contributed by atoms with Crippen molar-refractivity contribution in [1.29, 1.82) is 0 Å². The molecule has 8 heteroatoms. The van der Waals surface area contributed by atoms with Crippen LogP contribution >= 0.6 is 0 Å². The smallest absolute Gasteiger partial charge is 0.343 e. The third-order valence-corrected chi connectivity index (χ3v) is 5.12. The zero-order chi connectivity index (χ0) is 20.7. The normalized spacial score (nSPS) is 15.8. The molecule has 0 spiro atoms. The molecule has 1 aromatic rings. The van der Waals surface area contributed by atoms with Crippen molar-refractivity contribution >= 4 is 17.6 Å². The quantitative estimate of drug-likeness (QED) is 0.751. The summed E-state index contributed by atoms with van der Waals surface area (Å²) in [4.78, 5) is 28.4. The molecule has 0 radical (unpaired) electrons. The second-order valence-corrected chi connectivity index (χ2v) is 7.15. The highest BCUT2D eigenvalue weighted by molar-refractivity contribution is 5.90. The highest BCUT2D eigenvalue weighted by Crippen LogP contribution is 2.29. The maximum atomic E-state index is 12.7. The molecule has 1 N–H and O–H groups in total. The lowest BCUT2D eigenvalue weighted by Crippen LogP contribution is -2.44. The van der Waals surface area contributed by atoms with Crippen LogP contribution in [0.1, 0.15) is 51.5 Å². The summed E-state index contributed by atoms with van der Waals surface area (Å²) >= 11 is 0. The zero-order valence-electron chi connectivity index (χ0n) is 16.4. The molecular formula is C20H28F3N3O2. The van der Waals surface area contributed by atoms with Gasteiger partial charge in [-0.2, -0.15) is 13.2 Å². The first kappa shape index (κ1) is 22.0. The Morgan fingerprint density at radius 1 is 1.14 bits per heavy atom. The predicted molar refractivity (Wildman–Crippen MR) is 102 cm³/mol. The number of nitrogens with zero attached hydrogens (tertiary/aromatic N) is 2. The summed E-state index contributed by atoms with van der Waals surface area (Å²) < 4.78 is 38.0. The lowest BCUT2D eigenvalue weighted by Gasteiger charge is -2.31. The lowest BCUT2D eigenvalue weighted by molar-refractivity contribution is -0.137. The van der Waals surface area contributed by atoms with Crippen molar-refractivity contribution in [3.8, 4) is 0 Å². The van der Waals surface area contributed by atoms with Crippen molar-refractivity contribution in [2.24, 2.45) is 0 Å². The molecule has 1 saturated heterocycles. The van der Waals surface area contributed by atoms with E-state index in [-0.39, 0.29) is 30.6 Å². The van der Waals surface area contributed by atoms with Gasteiger partial charge in [0.05, 0.1) is 5.56 Å². The Hall–Kier alpha value is -2.25. The standard InChI is InChI=1S/C20H28F3N3O2/c1-3-15(2)26(14-11-18(27)25-12-5-4-6-13-25)19(28)24-17-9-7-16(8-10-17)20(21,22)23/h7-10,15H,3-6,11-14H2,1-2H3,(H,24,28). The van der Waals surface area contributed by atoms with Gasteiger partial charge in [-0.25, -0.2) is 4.79 Å². The number of piperidine rings is 1. The maximum absolute atomic E-state index is 12.7. The Balaban J connectivity index is 1.97. The minimum absolute atomic E-state index is 0.0373. The fourth-order valence-electron chi connectivity index (χ4n) is 3.20. The van der Waals surface area contributed by atoms with E-state index < -0.39 is 17.8 Å². The summed E-state index contributed by atoms with van der Waals surface area (Å²) in [5.74, 6) is 0.0373. The van der Waals surface area contributed by atoms with Gasteiger partial charge in [0.2, 0.25) is 5.91 Å². The minimum Gasteiger partial charge on any atom is -0.343 e. The SMILES string of the molecule is CCC(C)N(CCC(=O)N1CCCCC1)C(=O)Nc1ccc(C(F)(F)F)cc1. The Kier molecular flexibility index (Phi) is 7.71.